The third kappa shape index (κ3) is 26.9. The van der Waals surface area contributed by atoms with Gasteiger partial charge in [-0.05, 0) is 38.9 Å². The number of carbonyl (C=O) groups is 1. The van der Waals surface area contributed by atoms with Gasteiger partial charge in [0.05, 0.1) is 6.54 Å². The van der Waals surface area contributed by atoms with Crippen molar-refractivity contribution in [1.29, 1.82) is 0 Å². The highest BCUT2D eigenvalue weighted by molar-refractivity contribution is 5.77. The van der Waals surface area contributed by atoms with Crippen molar-refractivity contribution in [2.24, 2.45) is 5.73 Å². The number of nitrogens with one attached hydrogen (secondary N) is 1. The van der Waals surface area contributed by atoms with E-state index < -0.39 is 0 Å². The summed E-state index contributed by atoms with van der Waals surface area (Å²) in [4.78, 5) is 17.6. The Labute approximate surface area is 239 Å². The first-order valence-corrected chi connectivity index (χ1v) is 17.1. The summed E-state index contributed by atoms with van der Waals surface area (Å²) in [6.07, 6.45) is 28.4. The molecule has 1 amide bonds. The lowest BCUT2D eigenvalue weighted by Crippen LogP contribution is -2.43. The predicted octanol–water partition coefficient (Wildman–Crippen LogP) is 7.92. The summed E-state index contributed by atoms with van der Waals surface area (Å²) >= 11 is 0. The van der Waals surface area contributed by atoms with E-state index in [1.54, 1.807) is 0 Å². The van der Waals surface area contributed by atoms with Crippen LogP contribution in [0.25, 0.3) is 0 Å². The fraction of sp³-hybridized carbons (Fsp3) is 0.970. The monoisotopic (exact) mass is 539 g/mol. The third-order valence-corrected chi connectivity index (χ3v) is 7.80. The normalized spacial score (nSPS) is 11.6. The maximum Gasteiger partial charge on any atom is 0.234 e. The minimum absolute atomic E-state index is 0.129. The molecule has 0 aliphatic carbocycles. The van der Waals surface area contributed by atoms with Crippen molar-refractivity contribution in [3.63, 3.8) is 0 Å². The van der Waals surface area contributed by atoms with E-state index in [0.717, 1.165) is 19.6 Å². The molecule has 228 valence electrons. The molecule has 0 aromatic heterocycles. The Kier molecular flexibility index (Phi) is 30.4. The van der Waals surface area contributed by atoms with E-state index >= 15 is 0 Å². The molecule has 0 fully saturated rings. The van der Waals surface area contributed by atoms with E-state index in [1.807, 2.05) is 0 Å². The van der Waals surface area contributed by atoms with Gasteiger partial charge >= 0.3 is 0 Å². The smallest absolute Gasteiger partial charge is 0.234 e. The number of rotatable bonds is 31. The zero-order valence-electron chi connectivity index (χ0n) is 26.4. The zero-order chi connectivity index (χ0) is 27.9. The van der Waals surface area contributed by atoms with E-state index in [2.05, 4.69) is 35.9 Å². The standard InChI is InChI=1S/C33H70N4O/c1-4-7-10-13-16-19-22-27-36(28-23-20-17-14-11-8-5-2)30-31-37(32-33(38)35-26-25-34)29-24-21-18-15-12-9-6-3/h4-32,34H2,1-3H3,(H,35,38). The zero-order valence-corrected chi connectivity index (χ0v) is 26.4. The van der Waals surface area contributed by atoms with Crippen molar-refractivity contribution in [2.75, 3.05) is 52.4 Å². The van der Waals surface area contributed by atoms with Crippen molar-refractivity contribution in [1.82, 2.24) is 15.1 Å². The van der Waals surface area contributed by atoms with Gasteiger partial charge in [0.2, 0.25) is 5.91 Å². The lowest BCUT2D eigenvalue weighted by Gasteiger charge is -2.28. The molecule has 0 atom stereocenters. The Morgan fingerprint density at radius 1 is 0.500 bits per heavy atom. The van der Waals surface area contributed by atoms with Crippen LogP contribution in [0.3, 0.4) is 0 Å². The van der Waals surface area contributed by atoms with Gasteiger partial charge < -0.3 is 16.0 Å². The van der Waals surface area contributed by atoms with Crippen LogP contribution < -0.4 is 11.1 Å². The first kappa shape index (κ1) is 37.4. The van der Waals surface area contributed by atoms with Gasteiger partial charge in [-0.1, -0.05) is 136 Å². The van der Waals surface area contributed by atoms with Crippen LogP contribution >= 0.6 is 0 Å². The van der Waals surface area contributed by atoms with Crippen LogP contribution in [0.15, 0.2) is 0 Å². The molecule has 5 nitrogen and oxygen atoms in total. The molecule has 0 saturated carbocycles. The number of hydrogen-bond donors (Lipinski definition) is 2. The molecular formula is C33H70N4O. The summed E-state index contributed by atoms with van der Waals surface area (Å²) in [6, 6.07) is 0. The molecule has 0 rings (SSSR count). The molecule has 0 aromatic carbocycles. The van der Waals surface area contributed by atoms with E-state index in [9.17, 15) is 4.79 Å². The van der Waals surface area contributed by atoms with Crippen molar-refractivity contribution in [3.8, 4) is 0 Å². The van der Waals surface area contributed by atoms with Gasteiger partial charge in [0.1, 0.15) is 0 Å². The molecule has 3 N–H and O–H groups in total. The Morgan fingerprint density at radius 3 is 1.24 bits per heavy atom. The Bertz CT molecular complexity index is 456. The van der Waals surface area contributed by atoms with E-state index in [0.29, 0.717) is 19.6 Å². The molecule has 0 spiro atoms. The number of carbonyl (C=O) groups excluding carboxylic acids is 1. The fourth-order valence-corrected chi connectivity index (χ4v) is 5.24. The van der Waals surface area contributed by atoms with Gasteiger partial charge in [0.15, 0.2) is 0 Å². The molecule has 0 aliphatic heterocycles. The van der Waals surface area contributed by atoms with Crippen LogP contribution in [0.2, 0.25) is 0 Å². The van der Waals surface area contributed by atoms with Gasteiger partial charge in [0, 0.05) is 26.2 Å². The summed E-state index contributed by atoms with van der Waals surface area (Å²) in [6.45, 7) is 14.0. The lowest BCUT2D eigenvalue weighted by molar-refractivity contribution is -0.122. The molecule has 0 aromatic rings. The van der Waals surface area contributed by atoms with E-state index in [1.165, 1.54) is 148 Å². The number of nitrogens with zero attached hydrogens (tertiary/aromatic N) is 2. The van der Waals surface area contributed by atoms with Gasteiger partial charge in [-0.3, -0.25) is 9.69 Å². The van der Waals surface area contributed by atoms with Gasteiger partial charge in [0.25, 0.3) is 0 Å². The Balaban J connectivity index is 4.62. The van der Waals surface area contributed by atoms with E-state index in [4.69, 9.17) is 5.73 Å². The van der Waals surface area contributed by atoms with Crippen molar-refractivity contribution in [2.45, 2.75) is 156 Å². The van der Waals surface area contributed by atoms with Crippen LogP contribution in [0.5, 0.6) is 0 Å². The molecule has 38 heavy (non-hydrogen) atoms. The third-order valence-electron chi connectivity index (χ3n) is 7.80. The minimum atomic E-state index is 0.129. The summed E-state index contributed by atoms with van der Waals surface area (Å²) < 4.78 is 0. The topological polar surface area (TPSA) is 61.6 Å². The first-order chi connectivity index (χ1) is 18.7. The van der Waals surface area contributed by atoms with Gasteiger partial charge in [-0.25, -0.2) is 0 Å². The number of hydrogen-bond acceptors (Lipinski definition) is 4. The second-order valence-corrected chi connectivity index (χ2v) is 11.6. The largest absolute Gasteiger partial charge is 0.354 e. The van der Waals surface area contributed by atoms with Crippen LogP contribution in [0.1, 0.15) is 156 Å². The molecule has 0 radical (unpaired) electrons. The molecular weight excluding hydrogens is 468 g/mol. The first-order valence-electron chi connectivity index (χ1n) is 17.1. The van der Waals surface area contributed by atoms with Gasteiger partial charge in [-0.15, -0.1) is 0 Å². The minimum Gasteiger partial charge on any atom is -0.354 e. The second-order valence-electron chi connectivity index (χ2n) is 11.6. The molecule has 0 aliphatic rings. The second kappa shape index (κ2) is 30.9. The molecule has 0 saturated heterocycles. The van der Waals surface area contributed by atoms with Gasteiger partial charge in [-0.2, -0.15) is 0 Å². The van der Waals surface area contributed by atoms with Crippen LogP contribution in [-0.4, -0.2) is 68.1 Å². The molecule has 0 heterocycles. The summed E-state index contributed by atoms with van der Waals surface area (Å²) in [7, 11) is 0. The number of amides is 1. The average molecular weight is 539 g/mol. The molecule has 0 unspecified atom stereocenters. The highest BCUT2D eigenvalue weighted by Crippen LogP contribution is 2.11. The lowest BCUT2D eigenvalue weighted by atomic mass is 10.1. The molecule has 5 heteroatoms. The highest BCUT2D eigenvalue weighted by atomic mass is 16.2. The fourth-order valence-electron chi connectivity index (χ4n) is 5.24. The van der Waals surface area contributed by atoms with Crippen LogP contribution in [0, 0.1) is 0 Å². The summed E-state index contributed by atoms with van der Waals surface area (Å²) in [5, 5.41) is 2.98. The van der Waals surface area contributed by atoms with Crippen LogP contribution in [0.4, 0.5) is 0 Å². The predicted molar refractivity (Wildman–Crippen MR) is 169 cm³/mol. The summed E-state index contributed by atoms with van der Waals surface area (Å²) in [5.41, 5.74) is 5.60. The Morgan fingerprint density at radius 2 is 0.842 bits per heavy atom. The van der Waals surface area contributed by atoms with E-state index in [-0.39, 0.29) is 5.91 Å². The molecule has 0 bridgehead atoms. The van der Waals surface area contributed by atoms with Crippen molar-refractivity contribution >= 4 is 5.91 Å². The number of unbranched alkanes of at least 4 members (excludes halogenated alkanes) is 18. The van der Waals surface area contributed by atoms with Crippen molar-refractivity contribution < 1.29 is 4.79 Å². The van der Waals surface area contributed by atoms with Crippen molar-refractivity contribution in [3.05, 3.63) is 0 Å². The Hall–Kier alpha value is -0.650. The quantitative estimate of drug-likeness (QED) is 0.0880. The summed E-state index contributed by atoms with van der Waals surface area (Å²) in [5.74, 6) is 0.129. The van der Waals surface area contributed by atoms with Crippen LogP contribution in [-0.2, 0) is 4.79 Å². The maximum absolute atomic E-state index is 12.5. The SMILES string of the molecule is CCCCCCCCCN(CCCCCCCCC)CCN(CCCCCCCCC)CC(=O)NCCN. The average Bonchev–Trinajstić information content (AvgIpc) is 2.92. The number of nitrogens with two attached hydrogens (primary N) is 1. The maximum atomic E-state index is 12.5. The highest BCUT2D eigenvalue weighted by Gasteiger charge is 2.13.